The molecule has 0 fully saturated rings. The van der Waals surface area contributed by atoms with Crippen LogP contribution in [-0.4, -0.2) is 6.54 Å². The van der Waals surface area contributed by atoms with Gasteiger partial charge < -0.3 is 5.32 Å². The Balaban J connectivity index is 2.18. The fourth-order valence-corrected chi connectivity index (χ4v) is 3.37. The summed E-state index contributed by atoms with van der Waals surface area (Å²) in [5, 5.41) is 3.61. The summed E-state index contributed by atoms with van der Waals surface area (Å²) in [4.78, 5) is 2.89. The van der Waals surface area contributed by atoms with Gasteiger partial charge in [-0.05, 0) is 50.9 Å². The van der Waals surface area contributed by atoms with Crippen LogP contribution in [0.3, 0.4) is 0 Å². The van der Waals surface area contributed by atoms with E-state index in [4.69, 9.17) is 0 Å². The monoisotopic (exact) mass is 273 g/mol. The van der Waals surface area contributed by atoms with Gasteiger partial charge in [-0.3, -0.25) is 0 Å². The molecule has 1 atom stereocenters. The van der Waals surface area contributed by atoms with E-state index in [9.17, 15) is 0 Å². The first-order chi connectivity index (χ1) is 9.10. The Morgan fingerprint density at radius 3 is 2.32 bits per heavy atom. The molecule has 0 aliphatic rings. The maximum atomic E-state index is 3.61. The van der Waals surface area contributed by atoms with Crippen LogP contribution >= 0.6 is 11.3 Å². The average Bonchev–Trinajstić information content (AvgIpc) is 2.72. The normalized spacial score (nSPS) is 12.6. The number of thiophene rings is 1. The number of nitrogens with one attached hydrogen (secondary N) is 1. The second-order valence-corrected chi connectivity index (χ2v) is 6.48. The summed E-state index contributed by atoms with van der Waals surface area (Å²) >= 11 is 1.92. The van der Waals surface area contributed by atoms with Crippen LogP contribution in [0.25, 0.3) is 0 Å². The van der Waals surface area contributed by atoms with E-state index in [0.29, 0.717) is 6.04 Å². The van der Waals surface area contributed by atoms with Crippen LogP contribution in [0.5, 0.6) is 0 Å². The Morgan fingerprint density at radius 1 is 1.11 bits per heavy atom. The summed E-state index contributed by atoms with van der Waals surface area (Å²) < 4.78 is 0. The fraction of sp³-hybridized carbons (Fsp3) is 0.412. The quantitative estimate of drug-likeness (QED) is 0.841. The highest BCUT2D eigenvalue weighted by Crippen LogP contribution is 2.28. The first-order valence-electron chi connectivity index (χ1n) is 6.96. The van der Waals surface area contributed by atoms with E-state index < -0.39 is 0 Å². The molecule has 0 aliphatic carbocycles. The highest BCUT2D eigenvalue weighted by molar-refractivity contribution is 7.12. The molecular formula is C17H23NS. The minimum Gasteiger partial charge on any atom is -0.309 e. The van der Waals surface area contributed by atoms with Crippen molar-refractivity contribution < 1.29 is 0 Å². The zero-order valence-electron chi connectivity index (χ0n) is 12.3. The van der Waals surface area contributed by atoms with E-state index >= 15 is 0 Å². The van der Waals surface area contributed by atoms with Gasteiger partial charge in [-0.25, -0.2) is 0 Å². The molecule has 0 bridgehead atoms. The van der Waals surface area contributed by atoms with Crippen molar-refractivity contribution in [3.8, 4) is 0 Å². The van der Waals surface area contributed by atoms with Crippen LogP contribution in [0.2, 0.25) is 0 Å². The van der Waals surface area contributed by atoms with Crippen LogP contribution in [-0.2, 0) is 6.42 Å². The lowest BCUT2D eigenvalue weighted by Crippen LogP contribution is -2.22. The average molecular weight is 273 g/mol. The summed E-state index contributed by atoms with van der Waals surface area (Å²) in [5.74, 6) is 0. The van der Waals surface area contributed by atoms with Gasteiger partial charge in [-0.2, -0.15) is 0 Å². The molecule has 0 spiro atoms. The Bertz CT molecular complexity index is 505. The number of likely N-dealkylation sites (N-methyl/N-ethyl adjacent to an activating group) is 1. The molecule has 1 N–H and O–H groups in total. The van der Waals surface area contributed by atoms with Crippen molar-refractivity contribution >= 4 is 11.3 Å². The van der Waals surface area contributed by atoms with Crippen LogP contribution in [0.4, 0.5) is 0 Å². The summed E-state index contributed by atoms with van der Waals surface area (Å²) in [5.41, 5.74) is 4.14. The summed E-state index contributed by atoms with van der Waals surface area (Å²) in [6.45, 7) is 9.72. The first kappa shape index (κ1) is 14.3. The van der Waals surface area contributed by atoms with Gasteiger partial charge in [0.2, 0.25) is 0 Å². The molecule has 2 aromatic rings. The highest BCUT2D eigenvalue weighted by atomic mass is 32.1. The molecule has 1 aromatic heterocycles. The van der Waals surface area contributed by atoms with Crippen molar-refractivity contribution in [2.45, 2.75) is 40.2 Å². The molecular weight excluding hydrogens is 250 g/mol. The van der Waals surface area contributed by atoms with E-state index in [-0.39, 0.29) is 0 Å². The Kier molecular flexibility index (Phi) is 4.78. The van der Waals surface area contributed by atoms with Crippen molar-refractivity contribution in [3.05, 3.63) is 56.8 Å². The van der Waals surface area contributed by atoms with E-state index in [2.05, 4.69) is 63.3 Å². The van der Waals surface area contributed by atoms with Gasteiger partial charge in [0.15, 0.2) is 0 Å². The maximum Gasteiger partial charge on any atom is 0.0455 e. The molecule has 19 heavy (non-hydrogen) atoms. The van der Waals surface area contributed by atoms with Gasteiger partial charge in [0.25, 0.3) is 0 Å². The minimum atomic E-state index is 0.435. The van der Waals surface area contributed by atoms with Gasteiger partial charge in [0.1, 0.15) is 0 Å². The van der Waals surface area contributed by atoms with Gasteiger partial charge in [0.05, 0.1) is 0 Å². The molecule has 0 saturated carbocycles. The molecule has 0 amide bonds. The van der Waals surface area contributed by atoms with E-state index in [1.54, 1.807) is 0 Å². The molecule has 2 rings (SSSR count). The van der Waals surface area contributed by atoms with Gasteiger partial charge in [-0.15, -0.1) is 11.3 Å². The maximum absolute atomic E-state index is 3.61. The fourth-order valence-electron chi connectivity index (χ4n) is 2.25. The number of aryl methyl sites for hydroxylation is 3. The van der Waals surface area contributed by atoms with Crippen molar-refractivity contribution in [2.24, 2.45) is 0 Å². The lowest BCUT2D eigenvalue weighted by molar-refractivity contribution is 0.558. The standard InChI is InChI=1S/C17H23NS/c1-5-18-16(17-10-13(3)14(4)19-17)11-15-8-6-12(2)7-9-15/h6-10,16,18H,5,11H2,1-4H3. The molecule has 0 radical (unpaired) electrons. The predicted octanol–water partition coefficient (Wildman–Crippen LogP) is 4.57. The minimum absolute atomic E-state index is 0.435. The number of rotatable bonds is 5. The molecule has 1 heterocycles. The topological polar surface area (TPSA) is 12.0 Å². The number of benzene rings is 1. The predicted molar refractivity (Wildman–Crippen MR) is 85.1 cm³/mol. The molecule has 1 nitrogen and oxygen atoms in total. The van der Waals surface area contributed by atoms with E-state index in [1.807, 2.05) is 11.3 Å². The van der Waals surface area contributed by atoms with Crippen molar-refractivity contribution in [3.63, 3.8) is 0 Å². The third-order valence-corrected chi connectivity index (χ3v) is 4.81. The summed E-state index contributed by atoms with van der Waals surface area (Å²) in [7, 11) is 0. The smallest absolute Gasteiger partial charge is 0.0455 e. The molecule has 102 valence electrons. The summed E-state index contributed by atoms with van der Waals surface area (Å²) in [6.07, 6.45) is 1.06. The van der Waals surface area contributed by atoms with Crippen molar-refractivity contribution in [2.75, 3.05) is 6.54 Å². The Hall–Kier alpha value is -1.12. The molecule has 0 aliphatic heterocycles. The second-order valence-electron chi connectivity index (χ2n) is 5.19. The number of hydrogen-bond donors (Lipinski definition) is 1. The first-order valence-corrected chi connectivity index (χ1v) is 7.77. The van der Waals surface area contributed by atoms with Gasteiger partial charge in [0, 0.05) is 15.8 Å². The third-order valence-electron chi connectivity index (χ3n) is 3.54. The lowest BCUT2D eigenvalue weighted by Gasteiger charge is -2.16. The summed E-state index contributed by atoms with van der Waals surface area (Å²) in [6, 6.07) is 11.7. The van der Waals surface area contributed by atoms with Crippen LogP contribution < -0.4 is 5.32 Å². The van der Waals surface area contributed by atoms with Gasteiger partial charge >= 0.3 is 0 Å². The number of hydrogen-bond acceptors (Lipinski definition) is 2. The lowest BCUT2D eigenvalue weighted by atomic mass is 10.0. The Labute approximate surface area is 120 Å². The van der Waals surface area contributed by atoms with Crippen LogP contribution in [0, 0.1) is 20.8 Å². The zero-order chi connectivity index (χ0) is 13.8. The van der Waals surface area contributed by atoms with Crippen molar-refractivity contribution in [1.29, 1.82) is 0 Å². The largest absolute Gasteiger partial charge is 0.309 e. The van der Waals surface area contributed by atoms with E-state index in [0.717, 1.165) is 13.0 Å². The van der Waals surface area contributed by atoms with Gasteiger partial charge in [-0.1, -0.05) is 36.8 Å². The van der Waals surface area contributed by atoms with Crippen molar-refractivity contribution in [1.82, 2.24) is 5.32 Å². The SMILES string of the molecule is CCNC(Cc1ccc(C)cc1)c1cc(C)c(C)s1. The van der Waals surface area contributed by atoms with Crippen LogP contribution in [0.1, 0.15) is 39.4 Å². The zero-order valence-corrected chi connectivity index (χ0v) is 13.1. The molecule has 1 unspecified atom stereocenters. The van der Waals surface area contributed by atoms with Crippen LogP contribution in [0.15, 0.2) is 30.3 Å². The third kappa shape index (κ3) is 3.68. The molecule has 0 saturated heterocycles. The molecule has 2 heteroatoms. The second kappa shape index (κ2) is 6.36. The van der Waals surface area contributed by atoms with E-state index in [1.165, 1.54) is 26.4 Å². The molecule has 1 aromatic carbocycles. The Morgan fingerprint density at radius 2 is 1.79 bits per heavy atom. The highest BCUT2D eigenvalue weighted by Gasteiger charge is 2.14.